The van der Waals surface area contributed by atoms with Gasteiger partial charge in [0.2, 0.25) is 0 Å². The van der Waals surface area contributed by atoms with E-state index in [1.807, 2.05) is 18.2 Å². The molecule has 0 bridgehead atoms. The number of aromatic hydroxyl groups is 1. The van der Waals surface area contributed by atoms with Crippen LogP contribution in [0.5, 0.6) is 5.75 Å². The minimum absolute atomic E-state index is 0.113. The van der Waals surface area contributed by atoms with Crippen molar-refractivity contribution in [3.63, 3.8) is 0 Å². The Hall–Kier alpha value is -3.61. The molecule has 3 aromatic carbocycles. The van der Waals surface area contributed by atoms with Gasteiger partial charge in [0, 0.05) is 21.5 Å². The summed E-state index contributed by atoms with van der Waals surface area (Å²) in [5, 5.41) is 21.4. The van der Waals surface area contributed by atoms with E-state index in [0.29, 0.717) is 27.2 Å². The van der Waals surface area contributed by atoms with Crippen LogP contribution in [0.4, 0.5) is 0 Å². The lowest BCUT2D eigenvalue weighted by molar-refractivity contribution is -0.136. The normalized spacial score (nSPS) is 11.3. The van der Waals surface area contributed by atoms with Gasteiger partial charge in [0.15, 0.2) is 0 Å². The number of aromatic amines is 1. The molecule has 5 nitrogen and oxygen atoms in total. The lowest BCUT2D eigenvalue weighted by atomic mass is 10.0. The highest BCUT2D eigenvalue weighted by molar-refractivity contribution is 7.22. The Morgan fingerprint density at radius 3 is 2.53 bits per heavy atom. The van der Waals surface area contributed by atoms with Crippen molar-refractivity contribution in [1.82, 2.24) is 4.98 Å². The number of fused-ring (bicyclic) bond motifs is 2. The highest BCUT2D eigenvalue weighted by Gasteiger charge is 2.14. The molecule has 0 aliphatic heterocycles. The van der Waals surface area contributed by atoms with Crippen LogP contribution in [0.15, 0.2) is 71.5 Å². The number of rotatable bonds is 4. The number of carboxylic acid groups (broad SMARTS) is 1. The maximum absolute atomic E-state index is 12.7. The van der Waals surface area contributed by atoms with Crippen LogP contribution in [-0.4, -0.2) is 21.2 Å². The monoisotopic (exact) mass is 461 g/mol. The number of carboxylic acids is 1. The van der Waals surface area contributed by atoms with Gasteiger partial charge in [-0.25, -0.2) is 0 Å². The molecule has 0 saturated heterocycles. The van der Waals surface area contributed by atoms with E-state index in [4.69, 9.17) is 16.7 Å². The highest BCUT2D eigenvalue weighted by Crippen LogP contribution is 2.41. The molecular formula is C25H16ClNO4S. The fourth-order valence-corrected chi connectivity index (χ4v) is 5.26. The SMILES string of the molecule is O=C(O)Cc1cccc(-c2cc3cc(-c4cc5cccc(O)c5s4)c(Cl)cc3[nH]c2=O)c1. The minimum atomic E-state index is -0.928. The third-order valence-corrected chi connectivity index (χ3v) is 6.83. The van der Waals surface area contributed by atoms with E-state index in [9.17, 15) is 14.7 Å². The first-order valence-corrected chi connectivity index (χ1v) is 11.0. The Bertz CT molecular complexity index is 1580. The first-order chi connectivity index (χ1) is 15.4. The molecule has 0 fully saturated rings. The fourth-order valence-electron chi connectivity index (χ4n) is 3.84. The summed E-state index contributed by atoms with van der Waals surface area (Å²) in [6, 6.07) is 19.8. The fraction of sp³-hybridized carbons (Fsp3) is 0.0400. The largest absolute Gasteiger partial charge is 0.506 e. The summed E-state index contributed by atoms with van der Waals surface area (Å²) < 4.78 is 0.788. The lowest BCUT2D eigenvalue weighted by Crippen LogP contribution is -2.09. The molecule has 0 atom stereocenters. The summed E-state index contributed by atoms with van der Waals surface area (Å²) in [5.41, 5.74) is 2.86. The van der Waals surface area contributed by atoms with Crippen molar-refractivity contribution in [3.05, 3.63) is 87.7 Å². The number of halogens is 1. The first kappa shape index (κ1) is 20.3. The Labute approximate surface area is 191 Å². The second kappa shape index (κ2) is 7.82. The number of carbonyl (C=O) groups is 1. The number of aliphatic carboxylic acids is 1. The third-order valence-electron chi connectivity index (χ3n) is 5.31. The summed E-state index contributed by atoms with van der Waals surface area (Å²) in [4.78, 5) is 27.6. The molecule has 3 N–H and O–H groups in total. The summed E-state index contributed by atoms with van der Waals surface area (Å²) in [6.07, 6.45) is -0.113. The molecule has 7 heteroatoms. The van der Waals surface area contributed by atoms with Gasteiger partial charge in [-0.3, -0.25) is 9.59 Å². The summed E-state index contributed by atoms with van der Waals surface area (Å²) in [7, 11) is 0. The molecular weight excluding hydrogens is 446 g/mol. The molecule has 0 aliphatic carbocycles. The molecule has 0 aliphatic rings. The van der Waals surface area contributed by atoms with E-state index >= 15 is 0 Å². The van der Waals surface area contributed by atoms with Crippen LogP contribution in [0, 0.1) is 0 Å². The van der Waals surface area contributed by atoms with Crippen LogP contribution in [0.2, 0.25) is 5.02 Å². The molecule has 158 valence electrons. The second-order valence-corrected chi connectivity index (χ2v) is 8.97. The molecule has 0 unspecified atom stereocenters. The highest BCUT2D eigenvalue weighted by atomic mass is 35.5. The Balaban J connectivity index is 1.66. The molecule has 0 amide bonds. The topological polar surface area (TPSA) is 90.4 Å². The zero-order valence-corrected chi connectivity index (χ0v) is 18.1. The van der Waals surface area contributed by atoms with E-state index in [1.165, 1.54) is 11.3 Å². The lowest BCUT2D eigenvalue weighted by Gasteiger charge is -2.08. The van der Waals surface area contributed by atoms with Crippen LogP contribution < -0.4 is 5.56 Å². The predicted molar refractivity (Wildman–Crippen MR) is 129 cm³/mol. The first-order valence-electron chi connectivity index (χ1n) is 9.78. The van der Waals surface area contributed by atoms with Gasteiger partial charge in [0.1, 0.15) is 5.75 Å². The van der Waals surface area contributed by atoms with Crippen molar-refractivity contribution in [2.24, 2.45) is 0 Å². The Kier molecular flexibility index (Phi) is 4.96. The average Bonchev–Trinajstić information content (AvgIpc) is 3.18. The third kappa shape index (κ3) is 3.64. The number of hydrogen-bond acceptors (Lipinski definition) is 4. The number of hydrogen-bond donors (Lipinski definition) is 3. The summed E-state index contributed by atoms with van der Waals surface area (Å²) in [6.45, 7) is 0. The van der Waals surface area contributed by atoms with Crippen molar-refractivity contribution in [3.8, 4) is 27.3 Å². The van der Waals surface area contributed by atoms with Crippen molar-refractivity contribution in [2.75, 3.05) is 0 Å². The number of H-pyrrole nitrogens is 1. The zero-order chi connectivity index (χ0) is 22.4. The smallest absolute Gasteiger partial charge is 0.307 e. The van der Waals surface area contributed by atoms with Gasteiger partial charge < -0.3 is 15.2 Å². The molecule has 32 heavy (non-hydrogen) atoms. The molecule has 2 heterocycles. The molecule has 5 rings (SSSR count). The van der Waals surface area contributed by atoms with Crippen LogP contribution in [0.1, 0.15) is 5.56 Å². The average molecular weight is 462 g/mol. The molecule has 2 aromatic heterocycles. The zero-order valence-electron chi connectivity index (χ0n) is 16.6. The van der Waals surface area contributed by atoms with Gasteiger partial charge in [-0.2, -0.15) is 0 Å². The minimum Gasteiger partial charge on any atom is -0.506 e. The second-order valence-electron chi connectivity index (χ2n) is 7.51. The van der Waals surface area contributed by atoms with Crippen molar-refractivity contribution >= 4 is 49.9 Å². The number of phenols is 1. The maximum atomic E-state index is 12.7. The van der Waals surface area contributed by atoms with Gasteiger partial charge in [0.05, 0.1) is 16.1 Å². The van der Waals surface area contributed by atoms with Gasteiger partial charge in [0.25, 0.3) is 5.56 Å². The van der Waals surface area contributed by atoms with Crippen LogP contribution in [0.3, 0.4) is 0 Å². The molecule has 0 radical (unpaired) electrons. The van der Waals surface area contributed by atoms with E-state index in [0.717, 1.165) is 25.9 Å². The number of phenolic OH excluding ortho intramolecular Hbond substituents is 1. The van der Waals surface area contributed by atoms with E-state index in [2.05, 4.69) is 4.98 Å². The number of benzene rings is 3. The van der Waals surface area contributed by atoms with Gasteiger partial charge in [-0.05, 0) is 52.2 Å². The van der Waals surface area contributed by atoms with Gasteiger partial charge in [-0.15, -0.1) is 11.3 Å². The van der Waals surface area contributed by atoms with Crippen LogP contribution in [-0.2, 0) is 11.2 Å². The molecule has 0 spiro atoms. The van der Waals surface area contributed by atoms with E-state index in [-0.39, 0.29) is 17.7 Å². The van der Waals surface area contributed by atoms with Gasteiger partial charge >= 0.3 is 5.97 Å². The van der Waals surface area contributed by atoms with E-state index in [1.54, 1.807) is 48.5 Å². The van der Waals surface area contributed by atoms with Crippen molar-refractivity contribution in [1.29, 1.82) is 0 Å². The van der Waals surface area contributed by atoms with Crippen molar-refractivity contribution in [2.45, 2.75) is 6.42 Å². The number of thiophene rings is 1. The number of aromatic nitrogens is 1. The molecule has 0 saturated carbocycles. The maximum Gasteiger partial charge on any atom is 0.307 e. The molecule has 5 aromatic rings. The Morgan fingerprint density at radius 2 is 1.75 bits per heavy atom. The van der Waals surface area contributed by atoms with E-state index < -0.39 is 5.97 Å². The summed E-state index contributed by atoms with van der Waals surface area (Å²) in [5.74, 6) is -0.702. The Morgan fingerprint density at radius 1 is 0.969 bits per heavy atom. The van der Waals surface area contributed by atoms with Crippen LogP contribution >= 0.6 is 22.9 Å². The standard InChI is InChI=1S/C25H16ClNO4S/c26-19-12-20-16(10-18(19)22-11-15-5-2-6-21(28)24(15)32-22)9-17(25(31)27-20)14-4-1-3-13(7-14)8-23(29)30/h1-7,9-12,28H,8H2,(H,27,31)(H,29,30). The van der Waals surface area contributed by atoms with Crippen LogP contribution in [0.25, 0.3) is 42.6 Å². The van der Waals surface area contributed by atoms with Crippen molar-refractivity contribution < 1.29 is 15.0 Å². The van der Waals surface area contributed by atoms with Gasteiger partial charge in [-0.1, -0.05) is 48.0 Å². The summed E-state index contributed by atoms with van der Waals surface area (Å²) >= 11 is 8.00. The quantitative estimate of drug-likeness (QED) is 0.303. The number of pyridine rings is 1. The predicted octanol–water partition coefficient (Wildman–Crippen LogP) is 6.06. The number of nitrogens with one attached hydrogen (secondary N) is 1.